The summed E-state index contributed by atoms with van der Waals surface area (Å²) in [4.78, 5) is 0. The first-order chi connectivity index (χ1) is 8.61. The number of nitrogens with one attached hydrogen (secondary N) is 2. The molecule has 1 aromatic carbocycles. The van der Waals surface area contributed by atoms with Crippen molar-refractivity contribution in [2.75, 3.05) is 18.9 Å². The van der Waals surface area contributed by atoms with Crippen LogP contribution in [0.15, 0.2) is 18.2 Å². The van der Waals surface area contributed by atoms with E-state index in [0.717, 1.165) is 12.2 Å². The van der Waals surface area contributed by atoms with Gasteiger partial charge in [0, 0.05) is 23.7 Å². The fraction of sp³-hybridized carbons (Fsp3) is 0.600. The second kappa shape index (κ2) is 5.27. The summed E-state index contributed by atoms with van der Waals surface area (Å²) < 4.78 is 12.9. The van der Waals surface area contributed by atoms with Crippen LogP contribution in [0.3, 0.4) is 0 Å². The van der Waals surface area contributed by atoms with E-state index in [1.54, 1.807) is 6.07 Å². The minimum absolute atomic E-state index is 0.108. The van der Waals surface area contributed by atoms with Gasteiger partial charge in [0.15, 0.2) is 0 Å². The first kappa shape index (κ1) is 13.3. The van der Waals surface area contributed by atoms with Crippen molar-refractivity contribution in [2.24, 2.45) is 0 Å². The van der Waals surface area contributed by atoms with E-state index in [9.17, 15) is 4.39 Å². The molecule has 18 heavy (non-hydrogen) atoms. The Morgan fingerprint density at radius 3 is 2.67 bits per heavy atom. The number of rotatable bonds is 2. The first-order valence-corrected chi connectivity index (χ1v) is 6.82. The van der Waals surface area contributed by atoms with Gasteiger partial charge in [-0.2, -0.15) is 0 Å². The topological polar surface area (TPSA) is 24.1 Å². The lowest BCUT2D eigenvalue weighted by Crippen LogP contribution is -2.19. The highest BCUT2D eigenvalue weighted by Gasteiger charge is 2.48. The van der Waals surface area contributed by atoms with Crippen LogP contribution in [0.25, 0.3) is 0 Å². The number of hydrogen-bond acceptors (Lipinski definition) is 2. The van der Waals surface area contributed by atoms with Gasteiger partial charge in [0.25, 0.3) is 0 Å². The van der Waals surface area contributed by atoms with Crippen LogP contribution in [0.2, 0.25) is 0 Å². The minimum atomic E-state index is -0.108. The molecule has 2 nitrogen and oxygen atoms in total. The normalized spacial score (nSPS) is 19.6. The zero-order valence-corrected chi connectivity index (χ0v) is 11.5. The van der Waals surface area contributed by atoms with Crippen molar-refractivity contribution in [3.8, 4) is 0 Å². The number of anilines is 1. The molecule has 1 spiro atoms. The fourth-order valence-electron chi connectivity index (χ4n) is 2.27. The largest absolute Gasteiger partial charge is 0.384 e. The molecule has 0 aromatic heterocycles. The molecule has 2 N–H and O–H groups in total. The molecule has 1 atom stereocenters. The van der Waals surface area contributed by atoms with Gasteiger partial charge in [-0.25, -0.2) is 4.39 Å². The molecule has 3 heteroatoms. The van der Waals surface area contributed by atoms with Crippen LogP contribution in [-0.4, -0.2) is 19.6 Å². The standard InChI is InChI=1S/C10H10FN.C5H13N/c11-7-1-2-9-8(5-7)10(3-4-10)6-12-9;1-4-5(2)6-3/h1-2,5,12H,3-4,6H2;5-6H,4H2,1-3H3. The van der Waals surface area contributed by atoms with Crippen LogP contribution in [0, 0.1) is 5.82 Å². The van der Waals surface area contributed by atoms with Gasteiger partial charge >= 0.3 is 0 Å². The number of hydrogen-bond donors (Lipinski definition) is 2. The summed E-state index contributed by atoms with van der Waals surface area (Å²) in [7, 11) is 1.98. The zero-order chi connectivity index (χ0) is 13.2. The van der Waals surface area contributed by atoms with Crippen molar-refractivity contribution in [1.82, 2.24) is 5.32 Å². The molecule has 2 aliphatic rings. The lowest BCUT2D eigenvalue weighted by Gasteiger charge is -2.04. The number of fused-ring (bicyclic) bond motifs is 2. The average molecular weight is 250 g/mol. The Labute approximate surface area is 109 Å². The lowest BCUT2D eigenvalue weighted by atomic mass is 9.99. The Morgan fingerprint density at radius 1 is 1.44 bits per heavy atom. The molecule has 0 radical (unpaired) electrons. The van der Waals surface area contributed by atoms with Gasteiger partial charge in [-0.15, -0.1) is 0 Å². The van der Waals surface area contributed by atoms with E-state index in [2.05, 4.69) is 24.5 Å². The third-order valence-electron chi connectivity index (χ3n) is 4.13. The third-order valence-corrected chi connectivity index (χ3v) is 4.13. The Morgan fingerprint density at radius 2 is 2.17 bits per heavy atom. The van der Waals surface area contributed by atoms with Gasteiger partial charge in [-0.3, -0.25) is 0 Å². The van der Waals surface area contributed by atoms with Gasteiger partial charge in [-0.1, -0.05) is 6.92 Å². The van der Waals surface area contributed by atoms with Crippen LogP contribution in [0.1, 0.15) is 38.7 Å². The molecule has 1 aromatic rings. The van der Waals surface area contributed by atoms with Crippen molar-refractivity contribution in [3.05, 3.63) is 29.6 Å². The van der Waals surface area contributed by atoms with E-state index >= 15 is 0 Å². The van der Waals surface area contributed by atoms with Crippen LogP contribution in [-0.2, 0) is 5.41 Å². The van der Waals surface area contributed by atoms with E-state index in [0.29, 0.717) is 11.5 Å². The van der Waals surface area contributed by atoms with E-state index in [1.807, 2.05) is 13.1 Å². The van der Waals surface area contributed by atoms with Gasteiger partial charge < -0.3 is 10.6 Å². The summed E-state index contributed by atoms with van der Waals surface area (Å²) in [6.45, 7) is 5.34. The highest BCUT2D eigenvalue weighted by molar-refractivity contribution is 5.62. The molecule has 0 saturated heterocycles. The molecule has 1 saturated carbocycles. The maximum absolute atomic E-state index is 12.9. The Kier molecular flexibility index (Phi) is 3.91. The zero-order valence-electron chi connectivity index (χ0n) is 11.5. The highest BCUT2D eigenvalue weighted by atomic mass is 19.1. The maximum atomic E-state index is 12.9. The summed E-state index contributed by atoms with van der Waals surface area (Å²) in [5, 5.41) is 6.43. The van der Waals surface area contributed by atoms with E-state index < -0.39 is 0 Å². The van der Waals surface area contributed by atoms with Crippen LogP contribution < -0.4 is 10.6 Å². The second-order valence-corrected chi connectivity index (χ2v) is 5.42. The summed E-state index contributed by atoms with van der Waals surface area (Å²) >= 11 is 0. The molecule has 3 rings (SSSR count). The lowest BCUT2D eigenvalue weighted by molar-refractivity contribution is 0.593. The Bertz CT molecular complexity index is 409. The van der Waals surface area contributed by atoms with E-state index in [-0.39, 0.29) is 5.82 Å². The molecule has 1 unspecified atom stereocenters. The van der Waals surface area contributed by atoms with Crippen molar-refractivity contribution < 1.29 is 4.39 Å². The molecule has 0 bridgehead atoms. The van der Waals surface area contributed by atoms with Crippen molar-refractivity contribution in [2.45, 2.75) is 44.6 Å². The van der Waals surface area contributed by atoms with Crippen LogP contribution in [0.5, 0.6) is 0 Å². The average Bonchev–Trinajstić information content (AvgIpc) is 3.09. The molecule has 1 aliphatic carbocycles. The summed E-state index contributed by atoms with van der Waals surface area (Å²) in [6.07, 6.45) is 3.66. The summed E-state index contributed by atoms with van der Waals surface area (Å²) in [6, 6.07) is 5.73. The molecule has 1 heterocycles. The maximum Gasteiger partial charge on any atom is 0.123 e. The van der Waals surface area contributed by atoms with Crippen molar-refractivity contribution in [3.63, 3.8) is 0 Å². The summed E-state index contributed by atoms with van der Waals surface area (Å²) in [5.41, 5.74) is 2.65. The molecule has 1 aliphatic heterocycles. The quantitative estimate of drug-likeness (QED) is 0.841. The number of halogens is 1. The van der Waals surface area contributed by atoms with Gasteiger partial charge in [0.1, 0.15) is 5.82 Å². The van der Waals surface area contributed by atoms with Crippen molar-refractivity contribution >= 4 is 5.69 Å². The van der Waals surface area contributed by atoms with Gasteiger partial charge in [0.05, 0.1) is 0 Å². The molecule has 1 fully saturated rings. The smallest absolute Gasteiger partial charge is 0.123 e. The Balaban J connectivity index is 0.000000174. The molecular weight excluding hydrogens is 227 g/mol. The predicted molar refractivity (Wildman–Crippen MR) is 74.6 cm³/mol. The summed E-state index contributed by atoms with van der Waals surface area (Å²) in [5.74, 6) is -0.108. The first-order valence-electron chi connectivity index (χ1n) is 6.82. The Hall–Kier alpha value is -1.09. The number of benzene rings is 1. The second-order valence-electron chi connectivity index (χ2n) is 5.42. The van der Waals surface area contributed by atoms with E-state index in [4.69, 9.17) is 0 Å². The molecular formula is C15H23FN2. The van der Waals surface area contributed by atoms with Gasteiger partial charge in [0.2, 0.25) is 0 Å². The van der Waals surface area contributed by atoms with Crippen LogP contribution in [0.4, 0.5) is 10.1 Å². The van der Waals surface area contributed by atoms with Crippen LogP contribution >= 0.6 is 0 Å². The molecule has 100 valence electrons. The molecule has 0 amide bonds. The fourth-order valence-corrected chi connectivity index (χ4v) is 2.27. The predicted octanol–water partition coefficient (Wildman–Crippen LogP) is 3.29. The minimum Gasteiger partial charge on any atom is -0.384 e. The van der Waals surface area contributed by atoms with Crippen molar-refractivity contribution in [1.29, 1.82) is 0 Å². The monoisotopic (exact) mass is 250 g/mol. The SMILES string of the molecule is CCC(C)NC.Fc1ccc2c(c1)C1(CC1)CN2. The van der Waals surface area contributed by atoms with Gasteiger partial charge in [-0.05, 0) is 57.0 Å². The van der Waals surface area contributed by atoms with E-state index in [1.165, 1.54) is 30.9 Å². The highest BCUT2D eigenvalue weighted by Crippen LogP contribution is 2.54. The third kappa shape index (κ3) is 2.66.